The molecule has 4 nitrogen and oxygen atoms in total. The van der Waals surface area contributed by atoms with Crippen LogP contribution in [0, 0.1) is 23.1 Å². The molecule has 0 radical (unpaired) electrons. The van der Waals surface area contributed by atoms with E-state index >= 15 is 0 Å². The van der Waals surface area contributed by atoms with Gasteiger partial charge in [0.2, 0.25) is 0 Å². The molecule has 5 rings (SSSR count). The van der Waals surface area contributed by atoms with Crippen molar-refractivity contribution in [1.29, 1.82) is 0 Å². The number of rotatable bonds is 3. The second-order valence-electron chi connectivity index (χ2n) is 9.70. The molecule has 0 heterocycles. The number of aryl methyl sites for hydroxylation is 1. The first kappa shape index (κ1) is 20.2. The lowest BCUT2D eigenvalue weighted by Gasteiger charge is -2.48. The fraction of sp³-hybridized carbons (Fsp3) is 0.462. The first-order valence-corrected chi connectivity index (χ1v) is 11.3. The van der Waals surface area contributed by atoms with Crippen molar-refractivity contribution in [3.05, 3.63) is 64.5 Å². The molecule has 3 aliphatic carbocycles. The number of nitrogens with one attached hydrogen (secondary N) is 1. The molecule has 0 aliphatic heterocycles. The number of phenolic OH excluding ortho intramolecular Hbond substituents is 1. The van der Waals surface area contributed by atoms with E-state index in [1.54, 1.807) is 0 Å². The fourth-order valence-electron chi connectivity index (χ4n) is 6.45. The molecule has 3 aliphatic rings. The molecule has 1 amide bonds. The van der Waals surface area contributed by atoms with E-state index in [1.165, 1.54) is 35.4 Å². The minimum Gasteiger partial charge on any atom is -0.508 e. The third kappa shape index (κ3) is 3.35. The smallest absolute Gasteiger partial charge is 0.251 e. The Balaban J connectivity index is 1.37. The molecule has 31 heavy (non-hydrogen) atoms. The summed E-state index contributed by atoms with van der Waals surface area (Å²) in [7, 11) is 0. The van der Waals surface area contributed by atoms with Gasteiger partial charge in [-0.1, -0.05) is 6.92 Å². The van der Waals surface area contributed by atoms with Gasteiger partial charge >= 0.3 is 0 Å². The lowest BCUT2D eigenvalue weighted by molar-refractivity contribution is -0.129. The van der Waals surface area contributed by atoms with Gasteiger partial charge in [0, 0.05) is 29.5 Å². The lowest BCUT2D eigenvalue weighted by atomic mass is 9.55. The number of halogens is 1. The maximum atomic E-state index is 13.1. The predicted octanol–water partition coefficient (Wildman–Crippen LogP) is 4.89. The fourth-order valence-corrected chi connectivity index (χ4v) is 6.45. The number of phenols is 1. The van der Waals surface area contributed by atoms with Gasteiger partial charge in [-0.25, -0.2) is 4.39 Å². The zero-order valence-corrected chi connectivity index (χ0v) is 17.8. The second kappa shape index (κ2) is 7.47. The topological polar surface area (TPSA) is 66.4 Å². The van der Waals surface area contributed by atoms with E-state index in [2.05, 4.69) is 18.3 Å². The van der Waals surface area contributed by atoms with E-state index in [4.69, 9.17) is 0 Å². The molecule has 3 unspecified atom stereocenters. The zero-order chi connectivity index (χ0) is 21.8. The maximum Gasteiger partial charge on any atom is 0.251 e. The van der Waals surface area contributed by atoms with Crippen LogP contribution in [0.25, 0.3) is 0 Å². The van der Waals surface area contributed by atoms with Crippen molar-refractivity contribution in [2.24, 2.45) is 17.3 Å². The van der Waals surface area contributed by atoms with E-state index in [0.717, 1.165) is 32.1 Å². The number of amides is 1. The average molecular weight is 422 g/mol. The SMILES string of the molecule is C[C@]12CCC3c4cc(CNC(=O)c5ccc(F)cc5)c(O)cc4CCC3C1CCC2=O. The van der Waals surface area contributed by atoms with Gasteiger partial charge in [0.25, 0.3) is 5.91 Å². The zero-order valence-electron chi connectivity index (χ0n) is 17.8. The highest BCUT2D eigenvalue weighted by molar-refractivity contribution is 5.94. The highest BCUT2D eigenvalue weighted by atomic mass is 19.1. The number of benzene rings is 2. The summed E-state index contributed by atoms with van der Waals surface area (Å²) < 4.78 is 13.1. The third-order valence-corrected chi connectivity index (χ3v) is 8.18. The summed E-state index contributed by atoms with van der Waals surface area (Å²) in [5, 5.41) is 13.4. The van der Waals surface area contributed by atoms with E-state index in [9.17, 15) is 19.1 Å². The molecule has 0 bridgehead atoms. The minimum atomic E-state index is -0.383. The molecule has 0 aromatic heterocycles. The monoisotopic (exact) mass is 421 g/mol. The highest BCUT2D eigenvalue weighted by Gasteiger charge is 2.54. The van der Waals surface area contributed by atoms with Gasteiger partial charge in [0.05, 0.1) is 0 Å². The molecule has 0 saturated heterocycles. The van der Waals surface area contributed by atoms with Crippen LogP contribution in [0.15, 0.2) is 36.4 Å². The Morgan fingerprint density at radius 3 is 2.71 bits per heavy atom. The summed E-state index contributed by atoms with van der Waals surface area (Å²) in [5.41, 5.74) is 3.41. The first-order chi connectivity index (χ1) is 14.9. The van der Waals surface area contributed by atoms with Gasteiger partial charge in [0.15, 0.2) is 0 Å². The van der Waals surface area contributed by atoms with E-state index in [-0.39, 0.29) is 29.4 Å². The van der Waals surface area contributed by atoms with Crippen LogP contribution in [0.1, 0.15) is 72.0 Å². The standard InChI is InChI=1S/C26H28FNO3/c1-26-11-10-19-20(22(26)8-9-24(26)30)7-4-16-13-23(29)17(12-21(16)19)14-28-25(31)15-2-5-18(27)6-3-15/h2-3,5-6,12-13,19-20,22,29H,4,7-11,14H2,1H3,(H,28,31)/t19?,20?,22?,26-/m0/s1. The Morgan fingerprint density at radius 2 is 1.94 bits per heavy atom. The summed E-state index contributed by atoms with van der Waals surface area (Å²) in [6, 6.07) is 9.34. The van der Waals surface area contributed by atoms with E-state index in [1.807, 2.05) is 6.07 Å². The molecule has 162 valence electrons. The van der Waals surface area contributed by atoms with Gasteiger partial charge in [-0.3, -0.25) is 9.59 Å². The summed E-state index contributed by atoms with van der Waals surface area (Å²) in [6.45, 7) is 2.39. The van der Waals surface area contributed by atoms with Crippen molar-refractivity contribution in [1.82, 2.24) is 5.32 Å². The molecule has 2 aromatic rings. The summed E-state index contributed by atoms with van der Waals surface area (Å²) in [5.74, 6) is 1.36. The lowest BCUT2D eigenvalue weighted by Crippen LogP contribution is -2.42. The van der Waals surface area contributed by atoms with E-state index in [0.29, 0.717) is 41.1 Å². The molecule has 4 atom stereocenters. The Kier molecular flexibility index (Phi) is 4.87. The van der Waals surface area contributed by atoms with Crippen LogP contribution in [-0.2, 0) is 17.8 Å². The van der Waals surface area contributed by atoms with Gasteiger partial charge in [-0.15, -0.1) is 0 Å². The molecule has 5 heteroatoms. The average Bonchev–Trinajstić information content (AvgIpc) is 3.07. The van der Waals surface area contributed by atoms with Crippen molar-refractivity contribution in [3.8, 4) is 5.75 Å². The minimum absolute atomic E-state index is 0.151. The number of Topliss-reactive ketones (excluding diaryl/α,β-unsaturated/α-hetero) is 1. The summed E-state index contributed by atoms with van der Waals surface area (Å²) in [6.07, 6.45) is 5.66. The van der Waals surface area contributed by atoms with Crippen LogP contribution < -0.4 is 5.32 Å². The van der Waals surface area contributed by atoms with Crippen LogP contribution in [0.3, 0.4) is 0 Å². The molecule has 2 N–H and O–H groups in total. The summed E-state index contributed by atoms with van der Waals surface area (Å²) >= 11 is 0. The Hall–Kier alpha value is -2.69. The van der Waals surface area contributed by atoms with Crippen molar-refractivity contribution in [2.45, 2.75) is 57.9 Å². The van der Waals surface area contributed by atoms with Crippen LogP contribution in [0.5, 0.6) is 5.75 Å². The van der Waals surface area contributed by atoms with E-state index < -0.39 is 0 Å². The third-order valence-electron chi connectivity index (χ3n) is 8.18. The number of hydrogen-bond acceptors (Lipinski definition) is 3. The molecule has 2 fully saturated rings. The van der Waals surface area contributed by atoms with Crippen LogP contribution in [-0.4, -0.2) is 16.8 Å². The van der Waals surface area contributed by atoms with Crippen molar-refractivity contribution in [3.63, 3.8) is 0 Å². The largest absolute Gasteiger partial charge is 0.508 e. The Labute approximate surface area is 181 Å². The number of fused-ring (bicyclic) bond motifs is 5. The normalized spacial score (nSPS) is 29.1. The molecule has 0 spiro atoms. The summed E-state index contributed by atoms with van der Waals surface area (Å²) in [4.78, 5) is 24.9. The van der Waals surface area contributed by atoms with Crippen molar-refractivity contribution in [2.75, 3.05) is 0 Å². The second-order valence-corrected chi connectivity index (χ2v) is 9.70. The number of carbonyl (C=O) groups excluding carboxylic acids is 2. The Bertz CT molecular complexity index is 1050. The van der Waals surface area contributed by atoms with Crippen LogP contribution >= 0.6 is 0 Å². The number of ketones is 1. The number of carbonyl (C=O) groups is 2. The maximum absolute atomic E-state index is 13.1. The number of aromatic hydroxyl groups is 1. The molecular weight excluding hydrogens is 393 g/mol. The Morgan fingerprint density at radius 1 is 1.16 bits per heavy atom. The van der Waals surface area contributed by atoms with Gasteiger partial charge < -0.3 is 10.4 Å². The predicted molar refractivity (Wildman–Crippen MR) is 115 cm³/mol. The molecular formula is C26H28FNO3. The van der Waals surface area contributed by atoms with Gasteiger partial charge in [0.1, 0.15) is 17.3 Å². The first-order valence-electron chi connectivity index (χ1n) is 11.3. The van der Waals surface area contributed by atoms with Gasteiger partial charge in [-0.2, -0.15) is 0 Å². The molecule has 2 aromatic carbocycles. The van der Waals surface area contributed by atoms with Crippen LogP contribution in [0.2, 0.25) is 0 Å². The highest BCUT2D eigenvalue weighted by Crippen LogP contribution is 2.59. The number of hydrogen-bond donors (Lipinski definition) is 2. The van der Waals surface area contributed by atoms with Crippen LogP contribution in [0.4, 0.5) is 4.39 Å². The quantitative estimate of drug-likeness (QED) is 0.742. The molecule has 2 saturated carbocycles. The van der Waals surface area contributed by atoms with Crippen molar-refractivity contribution < 1.29 is 19.1 Å². The van der Waals surface area contributed by atoms with Gasteiger partial charge in [-0.05, 0) is 97.4 Å². The van der Waals surface area contributed by atoms with Crippen molar-refractivity contribution >= 4 is 11.7 Å².